The van der Waals surface area contributed by atoms with Crippen LogP contribution in [0, 0.1) is 0 Å². The van der Waals surface area contributed by atoms with Crippen LogP contribution in [0.4, 0.5) is 5.69 Å². The van der Waals surface area contributed by atoms with Crippen molar-refractivity contribution in [3.05, 3.63) is 95.8 Å². The molecule has 7 nitrogen and oxygen atoms in total. The number of primary amides is 1. The molecule has 0 aliphatic carbocycles. The zero-order valence-corrected chi connectivity index (χ0v) is 18.3. The van der Waals surface area contributed by atoms with Crippen LogP contribution in [0.15, 0.2) is 79.1 Å². The SMILES string of the molecule is NC(=O)c1ccc(N2CCN(C(=O)/C=C/c3ccc(OCc4cccnc4)cc3)CC2)cc1. The molecule has 33 heavy (non-hydrogen) atoms. The molecule has 0 radical (unpaired) electrons. The summed E-state index contributed by atoms with van der Waals surface area (Å²) in [5.41, 5.74) is 8.75. The Labute approximate surface area is 193 Å². The molecule has 168 valence electrons. The maximum Gasteiger partial charge on any atom is 0.248 e. The Balaban J connectivity index is 1.25. The van der Waals surface area contributed by atoms with Crippen molar-refractivity contribution in [3.8, 4) is 5.75 Å². The van der Waals surface area contributed by atoms with Gasteiger partial charge in [-0.05, 0) is 54.1 Å². The molecule has 4 rings (SSSR count). The van der Waals surface area contributed by atoms with Gasteiger partial charge in [-0.1, -0.05) is 18.2 Å². The van der Waals surface area contributed by atoms with Crippen LogP contribution in [0.2, 0.25) is 0 Å². The summed E-state index contributed by atoms with van der Waals surface area (Å²) in [6.45, 7) is 3.21. The fourth-order valence-corrected chi connectivity index (χ4v) is 3.62. The number of nitrogens with two attached hydrogens (primary N) is 1. The van der Waals surface area contributed by atoms with Crippen molar-refractivity contribution >= 4 is 23.6 Å². The van der Waals surface area contributed by atoms with Gasteiger partial charge in [-0.15, -0.1) is 0 Å². The number of pyridine rings is 1. The summed E-state index contributed by atoms with van der Waals surface area (Å²) in [6, 6.07) is 18.7. The summed E-state index contributed by atoms with van der Waals surface area (Å²) in [6.07, 6.45) is 6.95. The molecule has 1 aliphatic heterocycles. The smallest absolute Gasteiger partial charge is 0.248 e. The molecule has 0 atom stereocenters. The van der Waals surface area contributed by atoms with Crippen LogP contribution in [0.25, 0.3) is 6.08 Å². The van der Waals surface area contributed by atoms with Crippen molar-refractivity contribution < 1.29 is 14.3 Å². The zero-order valence-electron chi connectivity index (χ0n) is 18.3. The summed E-state index contributed by atoms with van der Waals surface area (Å²) in [5.74, 6) is 0.327. The number of ether oxygens (including phenoxy) is 1. The van der Waals surface area contributed by atoms with Crippen LogP contribution in [-0.4, -0.2) is 47.9 Å². The summed E-state index contributed by atoms with van der Waals surface area (Å²) < 4.78 is 5.77. The number of piperazine rings is 1. The predicted octanol–water partition coefficient (Wildman–Crippen LogP) is 3.12. The Morgan fingerprint density at radius 2 is 1.70 bits per heavy atom. The number of amides is 2. The third kappa shape index (κ3) is 5.98. The van der Waals surface area contributed by atoms with E-state index in [0.717, 1.165) is 35.7 Å². The Hall–Kier alpha value is -4.13. The van der Waals surface area contributed by atoms with E-state index in [0.29, 0.717) is 25.3 Å². The van der Waals surface area contributed by atoms with Gasteiger partial charge in [0.15, 0.2) is 0 Å². The monoisotopic (exact) mass is 442 g/mol. The highest BCUT2D eigenvalue weighted by atomic mass is 16.5. The maximum absolute atomic E-state index is 12.6. The minimum atomic E-state index is -0.435. The van der Waals surface area contributed by atoms with Gasteiger partial charge in [-0.3, -0.25) is 14.6 Å². The maximum atomic E-state index is 12.6. The quantitative estimate of drug-likeness (QED) is 0.568. The minimum Gasteiger partial charge on any atom is -0.489 e. The first-order chi connectivity index (χ1) is 16.1. The number of carbonyl (C=O) groups excluding carboxylic acids is 2. The van der Waals surface area contributed by atoms with Crippen LogP contribution in [0.1, 0.15) is 21.5 Å². The lowest BCUT2D eigenvalue weighted by Gasteiger charge is -2.35. The molecule has 0 spiro atoms. The lowest BCUT2D eigenvalue weighted by atomic mass is 10.1. The van der Waals surface area contributed by atoms with Crippen LogP contribution in [0.3, 0.4) is 0 Å². The fraction of sp³-hybridized carbons (Fsp3) is 0.192. The number of nitrogens with zero attached hydrogens (tertiary/aromatic N) is 3. The van der Waals surface area contributed by atoms with E-state index in [1.807, 2.05) is 59.5 Å². The van der Waals surface area contributed by atoms with Crippen molar-refractivity contribution in [2.45, 2.75) is 6.61 Å². The van der Waals surface area contributed by atoms with Crippen molar-refractivity contribution in [3.63, 3.8) is 0 Å². The molecule has 0 unspecified atom stereocenters. The third-order valence-corrected chi connectivity index (χ3v) is 5.54. The van der Waals surface area contributed by atoms with Crippen molar-refractivity contribution in [2.24, 2.45) is 5.73 Å². The highest BCUT2D eigenvalue weighted by Crippen LogP contribution is 2.18. The van der Waals surface area contributed by atoms with Crippen LogP contribution in [-0.2, 0) is 11.4 Å². The number of anilines is 1. The van der Waals surface area contributed by atoms with Gasteiger partial charge in [0.05, 0.1) is 0 Å². The summed E-state index contributed by atoms with van der Waals surface area (Å²) in [5, 5.41) is 0. The zero-order chi connectivity index (χ0) is 23.0. The van der Waals surface area contributed by atoms with E-state index < -0.39 is 5.91 Å². The second kappa shape index (κ2) is 10.5. The minimum absolute atomic E-state index is 0.00405. The topological polar surface area (TPSA) is 88.8 Å². The van der Waals surface area contributed by atoms with E-state index in [4.69, 9.17) is 10.5 Å². The van der Waals surface area contributed by atoms with E-state index >= 15 is 0 Å². The molecule has 2 N–H and O–H groups in total. The van der Waals surface area contributed by atoms with E-state index in [9.17, 15) is 9.59 Å². The Kier molecular flexibility index (Phi) is 6.99. The van der Waals surface area contributed by atoms with E-state index in [-0.39, 0.29) is 5.91 Å². The average molecular weight is 443 g/mol. The number of hydrogen-bond acceptors (Lipinski definition) is 5. The van der Waals surface area contributed by atoms with Crippen LogP contribution in [0.5, 0.6) is 5.75 Å². The molecule has 3 aromatic rings. The average Bonchev–Trinajstić information content (AvgIpc) is 2.87. The normalized spacial score (nSPS) is 13.8. The van der Waals surface area contributed by atoms with E-state index in [1.54, 1.807) is 30.6 Å². The molecule has 1 saturated heterocycles. The number of benzene rings is 2. The Bertz CT molecular complexity index is 1100. The Morgan fingerprint density at radius 1 is 0.970 bits per heavy atom. The molecule has 1 fully saturated rings. The van der Waals surface area contributed by atoms with E-state index in [1.165, 1.54) is 0 Å². The Morgan fingerprint density at radius 3 is 2.33 bits per heavy atom. The first kappa shape index (κ1) is 22.1. The van der Waals surface area contributed by atoms with Crippen LogP contribution >= 0.6 is 0 Å². The number of hydrogen-bond donors (Lipinski definition) is 1. The molecule has 0 bridgehead atoms. The molecule has 7 heteroatoms. The summed E-state index contributed by atoms with van der Waals surface area (Å²) in [4.78, 5) is 31.9. The molecule has 1 aromatic heterocycles. The van der Waals surface area contributed by atoms with Gasteiger partial charge < -0.3 is 20.3 Å². The van der Waals surface area contributed by atoms with Crippen molar-refractivity contribution in [1.29, 1.82) is 0 Å². The molecule has 0 saturated carbocycles. The first-order valence-electron chi connectivity index (χ1n) is 10.8. The summed E-state index contributed by atoms with van der Waals surface area (Å²) >= 11 is 0. The number of aromatic nitrogens is 1. The van der Waals surface area contributed by atoms with Gasteiger partial charge in [-0.2, -0.15) is 0 Å². The summed E-state index contributed by atoms with van der Waals surface area (Å²) in [7, 11) is 0. The van der Waals surface area contributed by atoms with Gasteiger partial charge in [0, 0.05) is 61.5 Å². The standard InChI is InChI=1S/C26H26N4O3/c27-26(32)22-6-8-23(9-7-22)29-14-16-30(17-15-29)25(31)12-5-20-3-10-24(11-4-20)33-19-21-2-1-13-28-18-21/h1-13,18H,14-17,19H2,(H2,27,32)/b12-5+. The fourth-order valence-electron chi connectivity index (χ4n) is 3.62. The lowest BCUT2D eigenvalue weighted by Crippen LogP contribution is -2.48. The van der Waals surface area contributed by atoms with Crippen molar-refractivity contribution in [2.75, 3.05) is 31.1 Å². The molecule has 1 aliphatic rings. The molecular weight excluding hydrogens is 416 g/mol. The largest absolute Gasteiger partial charge is 0.489 e. The van der Waals surface area contributed by atoms with Gasteiger partial charge in [0.25, 0.3) is 0 Å². The van der Waals surface area contributed by atoms with Gasteiger partial charge in [0.1, 0.15) is 12.4 Å². The molecular formula is C26H26N4O3. The predicted molar refractivity (Wildman–Crippen MR) is 128 cm³/mol. The van der Waals surface area contributed by atoms with Crippen molar-refractivity contribution in [1.82, 2.24) is 9.88 Å². The second-order valence-corrected chi connectivity index (χ2v) is 7.78. The van der Waals surface area contributed by atoms with Gasteiger partial charge >= 0.3 is 0 Å². The highest BCUT2D eigenvalue weighted by molar-refractivity contribution is 5.93. The van der Waals surface area contributed by atoms with Gasteiger partial charge in [-0.25, -0.2) is 0 Å². The molecule has 2 heterocycles. The molecule has 2 amide bonds. The van der Waals surface area contributed by atoms with Gasteiger partial charge in [0.2, 0.25) is 11.8 Å². The second-order valence-electron chi connectivity index (χ2n) is 7.78. The first-order valence-corrected chi connectivity index (χ1v) is 10.8. The highest BCUT2D eigenvalue weighted by Gasteiger charge is 2.20. The van der Waals surface area contributed by atoms with Crippen LogP contribution < -0.4 is 15.4 Å². The molecule has 2 aromatic carbocycles. The van der Waals surface area contributed by atoms with E-state index in [2.05, 4.69) is 9.88 Å². The number of carbonyl (C=O) groups is 2. The number of rotatable bonds is 7. The lowest BCUT2D eigenvalue weighted by molar-refractivity contribution is -0.126. The third-order valence-electron chi connectivity index (χ3n) is 5.54.